The first kappa shape index (κ1) is 11.4. The minimum absolute atomic E-state index is 0.0990. The van der Waals surface area contributed by atoms with Crippen molar-refractivity contribution in [1.82, 2.24) is 0 Å². The van der Waals surface area contributed by atoms with E-state index in [1.807, 2.05) is 0 Å². The Morgan fingerprint density at radius 1 is 1.12 bits per heavy atom. The third kappa shape index (κ3) is 1.80. The van der Waals surface area contributed by atoms with Crippen LogP contribution in [-0.2, 0) is 0 Å². The molecule has 86 valence electrons. The van der Waals surface area contributed by atoms with Gasteiger partial charge in [0.25, 0.3) is 0 Å². The van der Waals surface area contributed by atoms with Crippen LogP contribution in [0.3, 0.4) is 0 Å². The lowest BCUT2D eigenvalue weighted by Gasteiger charge is -2.36. The number of rotatable bonds is 5. The molecule has 2 aliphatic rings. The molecule has 1 heteroatoms. The molecule has 1 N–H and O–H groups in total. The fraction of sp³-hybridized carbons (Fsp3) is 0.467. The Kier molecular flexibility index (Phi) is 3.45. The van der Waals surface area contributed by atoms with Crippen molar-refractivity contribution in [3.05, 3.63) is 47.6 Å². The summed E-state index contributed by atoms with van der Waals surface area (Å²) < 4.78 is 0. The second kappa shape index (κ2) is 4.84. The van der Waals surface area contributed by atoms with Crippen LogP contribution < -0.4 is 0 Å². The van der Waals surface area contributed by atoms with E-state index in [0.29, 0.717) is 0 Å². The molecule has 0 unspecified atom stereocenters. The molecule has 1 nitrogen and oxygen atoms in total. The van der Waals surface area contributed by atoms with Gasteiger partial charge in [-0.05, 0) is 25.7 Å². The number of aliphatic hydroxyl groups is 1. The fourth-order valence-corrected chi connectivity index (χ4v) is 2.95. The molecule has 0 aliphatic heterocycles. The Morgan fingerprint density at radius 3 is 2.00 bits per heavy atom. The Bertz CT molecular complexity index is 339. The molecule has 0 heterocycles. The Hall–Kier alpha value is -1.08. The van der Waals surface area contributed by atoms with Crippen LogP contribution in [0.1, 0.15) is 32.6 Å². The van der Waals surface area contributed by atoms with E-state index in [0.717, 1.165) is 25.7 Å². The molecular formula is C15H20O. The fourth-order valence-electron chi connectivity index (χ4n) is 2.95. The second-order valence-corrected chi connectivity index (χ2v) is 4.56. The first-order chi connectivity index (χ1) is 7.83. The summed E-state index contributed by atoms with van der Waals surface area (Å²) in [5.41, 5.74) is 3.04. The van der Waals surface area contributed by atoms with Crippen LogP contribution in [0.4, 0.5) is 0 Å². The summed E-state index contributed by atoms with van der Waals surface area (Å²) in [6.07, 6.45) is 17.2. The zero-order valence-corrected chi connectivity index (χ0v) is 9.95. The molecule has 0 bridgehead atoms. The monoisotopic (exact) mass is 216 g/mol. The van der Waals surface area contributed by atoms with Crippen molar-refractivity contribution >= 4 is 0 Å². The molecule has 2 rings (SSSR count). The number of aliphatic hydroxyl groups excluding tert-OH is 1. The Balaban J connectivity index is 2.30. The van der Waals surface area contributed by atoms with Crippen LogP contribution in [0.15, 0.2) is 47.6 Å². The summed E-state index contributed by atoms with van der Waals surface area (Å²) in [6, 6.07) is 0. The zero-order chi connectivity index (χ0) is 11.4. The van der Waals surface area contributed by atoms with Gasteiger partial charge in [-0.25, -0.2) is 0 Å². The van der Waals surface area contributed by atoms with E-state index in [4.69, 9.17) is 0 Å². The highest BCUT2D eigenvalue weighted by Gasteiger charge is 2.35. The largest absolute Gasteiger partial charge is 0.396 e. The van der Waals surface area contributed by atoms with Crippen LogP contribution >= 0.6 is 0 Å². The minimum Gasteiger partial charge on any atom is -0.396 e. The molecule has 0 fully saturated rings. The highest BCUT2D eigenvalue weighted by Crippen LogP contribution is 2.47. The van der Waals surface area contributed by atoms with Crippen LogP contribution in [0, 0.1) is 5.41 Å². The molecule has 0 atom stereocenters. The number of hydrogen-bond acceptors (Lipinski definition) is 1. The van der Waals surface area contributed by atoms with Gasteiger partial charge in [0.15, 0.2) is 0 Å². The topological polar surface area (TPSA) is 20.2 Å². The molecule has 0 aromatic carbocycles. The van der Waals surface area contributed by atoms with E-state index < -0.39 is 0 Å². The van der Waals surface area contributed by atoms with Gasteiger partial charge in [0.05, 0.1) is 0 Å². The summed E-state index contributed by atoms with van der Waals surface area (Å²) >= 11 is 0. The molecule has 2 aliphatic carbocycles. The van der Waals surface area contributed by atoms with Gasteiger partial charge in [-0.15, -0.1) is 0 Å². The summed E-state index contributed by atoms with van der Waals surface area (Å²) in [5, 5.41) is 9.36. The molecule has 0 amide bonds. The zero-order valence-electron chi connectivity index (χ0n) is 9.95. The van der Waals surface area contributed by atoms with E-state index in [9.17, 15) is 5.11 Å². The van der Waals surface area contributed by atoms with Gasteiger partial charge in [-0.3, -0.25) is 0 Å². The van der Waals surface area contributed by atoms with E-state index in [-0.39, 0.29) is 12.0 Å². The van der Waals surface area contributed by atoms with Crippen molar-refractivity contribution < 1.29 is 5.11 Å². The maximum atomic E-state index is 9.36. The summed E-state index contributed by atoms with van der Waals surface area (Å²) in [5.74, 6) is 0. The highest BCUT2D eigenvalue weighted by molar-refractivity contribution is 5.41. The first-order valence-electron chi connectivity index (χ1n) is 6.16. The molecule has 0 saturated carbocycles. The molecule has 16 heavy (non-hydrogen) atoms. The van der Waals surface area contributed by atoms with Crippen molar-refractivity contribution in [3.8, 4) is 0 Å². The molecule has 0 aromatic rings. The maximum absolute atomic E-state index is 9.36. The quantitative estimate of drug-likeness (QED) is 0.745. The third-order valence-electron chi connectivity index (χ3n) is 3.91. The first-order valence-corrected chi connectivity index (χ1v) is 6.16. The maximum Gasteiger partial charge on any atom is 0.0442 e. The normalized spacial score (nSPS) is 19.1. The average Bonchev–Trinajstić information content (AvgIpc) is 2.98. The molecule has 0 spiro atoms. The summed E-state index contributed by atoms with van der Waals surface area (Å²) in [7, 11) is 0. The van der Waals surface area contributed by atoms with E-state index in [1.54, 1.807) is 0 Å². The lowest BCUT2D eigenvalue weighted by Crippen LogP contribution is -2.26. The molecular weight excluding hydrogens is 196 g/mol. The van der Waals surface area contributed by atoms with Crippen LogP contribution in [-0.4, -0.2) is 11.7 Å². The van der Waals surface area contributed by atoms with Crippen LogP contribution in [0.5, 0.6) is 0 Å². The van der Waals surface area contributed by atoms with E-state index >= 15 is 0 Å². The number of allylic oxidation sites excluding steroid dienone is 8. The molecule has 0 aromatic heterocycles. The SMILES string of the molecule is CCC(CCO)(C1=CC=CC1)C1=CC=CC1. The van der Waals surface area contributed by atoms with Gasteiger partial charge in [-0.2, -0.15) is 0 Å². The Labute approximate surface area is 97.9 Å². The number of hydrogen-bond donors (Lipinski definition) is 1. The predicted octanol–water partition coefficient (Wildman–Crippen LogP) is 3.54. The second-order valence-electron chi connectivity index (χ2n) is 4.56. The van der Waals surface area contributed by atoms with Gasteiger partial charge in [-0.1, -0.05) is 54.5 Å². The predicted molar refractivity (Wildman–Crippen MR) is 68.1 cm³/mol. The average molecular weight is 216 g/mol. The highest BCUT2D eigenvalue weighted by atomic mass is 16.3. The summed E-state index contributed by atoms with van der Waals surface area (Å²) in [4.78, 5) is 0. The molecule has 0 radical (unpaired) electrons. The van der Waals surface area contributed by atoms with Crippen molar-refractivity contribution in [2.45, 2.75) is 32.6 Å². The van der Waals surface area contributed by atoms with E-state index in [2.05, 4.69) is 43.4 Å². The van der Waals surface area contributed by atoms with Crippen molar-refractivity contribution in [1.29, 1.82) is 0 Å². The van der Waals surface area contributed by atoms with Gasteiger partial charge in [0.2, 0.25) is 0 Å². The van der Waals surface area contributed by atoms with Gasteiger partial charge < -0.3 is 5.11 Å². The third-order valence-corrected chi connectivity index (χ3v) is 3.91. The van der Waals surface area contributed by atoms with Gasteiger partial charge in [0.1, 0.15) is 0 Å². The van der Waals surface area contributed by atoms with Crippen molar-refractivity contribution in [2.24, 2.45) is 5.41 Å². The molecule has 0 saturated heterocycles. The van der Waals surface area contributed by atoms with Crippen LogP contribution in [0.2, 0.25) is 0 Å². The summed E-state index contributed by atoms with van der Waals surface area (Å²) in [6.45, 7) is 2.50. The minimum atomic E-state index is 0.0990. The standard InChI is InChI=1S/C15H20O/c1-2-15(11-12-16,13-7-3-4-8-13)14-9-5-6-10-14/h3-7,9,16H,2,8,10-12H2,1H3. The van der Waals surface area contributed by atoms with Gasteiger partial charge in [0, 0.05) is 12.0 Å². The van der Waals surface area contributed by atoms with Crippen LogP contribution in [0.25, 0.3) is 0 Å². The van der Waals surface area contributed by atoms with Crippen molar-refractivity contribution in [3.63, 3.8) is 0 Å². The van der Waals surface area contributed by atoms with E-state index in [1.165, 1.54) is 11.1 Å². The lowest BCUT2D eigenvalue weighted by atomic mass is 9.68. The van der Waals surface area contributed by atoms with Gasteiger partial charge >= 0.3 is 0 Å². The Morgan fingerprint density at radius 2 is 1.69 bits per heavy atom. The smallest absolute Gasteiger partial charge is 0.0442 e. The lowest BCUT2D eigenvalue weighted by molar-refractivity contribution is 0.226. The van der Waals surface area contributed by atoms with Crippen molar-refractivity contribution in [2.75, 3.05) is 6.61 Å².